The third-order valence-electron chi connectivity index (χ3n) is 5.38. The fourth-order valence-electron chi connectivity index (χ4n) is 3.67. The molecule has 1 aromatic heterocycles. The van der Waals surface area contributed by atoms with E-state index < -0.39 is 5.54 Å². The molecule has 0 saturated carbocycles. The fraction of sp³-hybridized carbons (Fsp3) is 0.154. The molecule has 0 fully saturated rings. The Balaban J connectivity index is 1.93. The maximum absolute atomic E-state index is 12.0. The molecule has 4 aromatic rings. The first-order valence-corrected chi connectivity index (χ1v) is 10.4. The number of aliphatic imine (C=N–C) groups is 1. The molecule has 1 heterocycles. The van der Waals surface area contributed by atoms with E-state index in [1.807, 2.05) is 74.5 Å². The maximum atomic E-state index is 12.0. The molecule has 0 aliphatic heterocycles. The summed E-state index contributed by atoms with van der Waals surface area (Å²) >= 11 is 0. The van der Waals surface area contributed by atoms with Gasteiger partial charge in [-0.15, -0.1) is 0 Å². The standard InChI is InChI=1S/C26H26N4O2/c1-26(2,27)18-10-7-11-19(15-18)29-23(16-8-5-4-6-9-16)22-20-13-12-17(24(31)28-3)14-21(20)30-25(22)32/h4-15,30,32H,27H2,1-3H3,(H,28,31). The lowest BCUT2D eigenvalue weighted by atomic mass is 9.95. The Hall–Kier alpha value is -3.90. The van der Waals surface area contributed by atoms with E-state index in [1.54, 1.807) is 19.2 Å². The minimum absolute atomic E-state index is 0.00744. The van der Waals surface area contributed by atoms with E-state index in [0.29, 0.717) is 22.4 Å². The van der Waals surface area contributed by atoms with E-state index in [2.05, 4.69) is 10.3 Å². The highest BCUT2D eigenvalue weighted by molar-refractivity contribution is 6.22. The van der Waals surface area contributed by atoms with Gasteiger partial charge in [0, 0.05) is 34.6 Å². The summed E-state index contributed by atoms with van der Waals surface area (Å²) in [6, 6.07) is 22.7. The van der Waals surface area contributed by atoms with Crippen LogP contribution in [0.5, 0.6) is 5.88 Å². The number of nitrogens with two attached hydrogens (primary N) is 1. The van der Waals surface area contributed by atoms with Gasteiger partial charge in [0.25, 0.3) is 5.91 Å². The number of nitrogens with one attached hydrogen (secondary N) is 2. The van der Waals surface area contributed by atoms with E-state index in [1.165, 1.54) is 0 Å². The van der Waals surface area contributed by atoms with Crippen LogP contribution in [0.25, 0.3) is 10.9 Å². The number of carbonyl (C=O) groups is 1. The molecule has 3 aromatic carbocycles. The van der Waals surface area contributed by atoms with Gasteiger partial charge in [-0.2, -0.15) is 0 Å². The quantitative estimate of drug-likeness (QED) is 0.351. The summed E-state index contributed by atoms with van der Waals surface area (Å²) in [4.78, 5) is 20.0. The molecule has 4 rings (SSSR count). The van der Waals surface area contributed by atoms with Gasteiger partial charge >= 0.3 is 0 Å². The molecule has 32 heavy (non-hydrogen) atoms. The van der Waals surface area contributed by atoms with Crippen LogP contribution in [0.2, 0.25) is 0 Å². The van der Waals surface area contributed by atoms with Crippen molar-refractivity contribution in [3.8, 4) is 5.88 Å². The lowest BCUT2D eigenvalue weighted by Crippen LogP contribution is -2.28. The number of hydrogen-bond acceptors (Lipinski definition) is 4. The number of carbonyl (C=O) groups excluding carboxylic acids is 1. The van der Waals surface area contributed by atoms with Crippen LogP contribution in [0.1, 0.15) is 40.9 Å². The largest absolute Gasteiger partial charge is 0.494 e. The number of aromatic nitrogens is 1. The second-order valence-corrected chi connectivity index (χ2v) is 8.29. The van der Waals surface area contributed by atoms with Gasteiger partial charge in [-0.05, 0) is 43.7 Å². The summed E-state index contributed by atoms with van der Waals surface area (Å²) in [7, 11) is 1.58. The Morgan fingerprint density at radius 2 is 1.75 bits per heavy atom. The number of aromatic amines is 1. The molecule has 0 spiro atoms. The van der Waals surface area contributed by atoms with E-state index in [9.17, 15) is 9.90 Å². The van der Waals surface area contributed by atoms with Gasteiger partial charge in [0.05, 0.1) is 17.0 Å². The molecular weight excluding hydrogens is 400 g/mol. The first kappa shape index (κ1) is 21.3. The van der Waals surface area contributed by atoms with Gasteiger partial charge in [-0.1, -0.05) is 48.5 Å². The molecule has 0 bridgehead atoms. The zero-order chi connectivity index (χ0) is 22.9. The summed E-state index contributed by atoms with van der Waals surface area (Å²) in [5, 5.41) is 14.2. The molecule has 5 N–H and O–H groups in total. The lowest BCUT2D eigenvalue weighted by molar-refractivity contribution is 0.0963. The van der Waals surface area contributed by atoms with Crippen LogP contribution in [0.4, 0.5) is 5.69 Å². The van der Waals surface area contributed by atoms with Crippen molar-refractivity contribution in [3.63, 3.8) is 0 Å². The van der Waals surface area contributed by atoms with E-state index in [-0.39, 0.29) is 11.8 Å². The van der Waals surface area contributed by atoms with Crippen LogP contribution in [0, 0.1) is 0 Å². The van der Waals surface area contributed by atoms with Crippen molar-refractivity contribution in [2.45, 2.75) is 19.4 Å². The molecule has 162 valence electrons. The summed E-state index contributed by atoms with van der Waals surface area (Å²) in [5.41, 5.74) is 10.7. The van der Waals surface area contributed by atoms with Gasteiger partial charge in [0.1, 0.15) is 0 Å². The van der Waals surface area contributed by atoms with Gasteiger partial charge < -0.3 is 21.1 Å². The van der Waals surface area contributed by atoms with Crippen molar-refractivity contribution in [2.24, 2.45) is 10.7 Å². The number of amides is 1. The van der Waals surface area contributed by atoms with Crippen LogP contribution >= 0.6 is 0 Å². The molecule has 0 unspecified atom stereocenters. The van der Waals surface area contributed by atoms with Crippen molar-refractivity contribution < 1.29 is 9.90 Å². The summed E-state index contributed by atoms with van der Waals surface area (Å²) in [6.07, 6.45) is 0. The first-order chi connectivity index (χ1) is 15.3. The minimum Gasteiger partial charge on any atom is -0.494 e. The van der Waals surface area contributed by atoms with Gasteiger partial charge in [0.15, 0.2) is 5.88 Å². The highest BCUT2D eigenvalue weighted by Gasteiger charge is 2.20. The zero-order valence-corrected chi connectivity index (χ0v) is 18.3. The highest BCUT2D eigenvalue weighted by Crippen LogP contribution is 2.32. The number of hydrogen-bond donors (Lipinski definition) is 4. The number of aromatic hydroxyl groups is 1. The minimum atomic E-state index is -0.502. The SMILES string of the molecule is CNC(=O)c1ccc2c(C(=Nc3cccc(C(C)(C)N)c3)c3ccccc3)c(O)[nH]c2c1. The Morgan fingerprint density at radius 1 is 1.00 bits per heavy atom. The predicted molar refractivity (Wildman–Crippen MR) is 129 cm³/mol. The van der Waals surface area contributed by atoms with Crippen LogP contribution in [0.15, 0.2) is 77.8 Å². The Bertz CT molecular complexity index is 1310. The maximum Gasteiger partial charge on any atom is 0.251 e. The number of rotatable bonds is 5. The highest BCUT2D eigenvalue weighted by atomic mass is 16.3. The van der Waals surface area contributed by atoms with Crippen molar-refractivity contribution in [2.75, 3.05) is 7.05 Å². The average molecular weight is 427 g/mol. The molecule has 6 nitrogen and oxygen atoms in total. The second kappa shape index (κ2) is 8.32. The normalized spacial score (nSPS) is 12.2. The van der Waals surface area contributed by atoms with Crippen LogP contribution in [0.3, 0.4) is 0 Å². The summed E-state index contributed by atoms with van der Waals surface area (Å²) < 4.78 is 0. The fourth-order valence-corrected chi connectivity index (χ4v) is 3.67. The Kier molecular flexibility index (Phi) is 5.55. The van der Waals surface area contributed by atoms with Crippen LogP contribution < -0.4 is 11.1 Å². The Morgan fingerprint density at radius 3 is 2.44 bits per heavy atom. The summed E-state index contributed by atoms with van der Waals surface area (Å²) in [6.45, 7) is 3.90. The van der Waals surface area contributed by atoms with Gasteiger partial charge in [-0.3, -0.25) is 4.79 Å². The van der Waals surface area contributed by atoms with E-state index in [0.717, 1.165) is 22.2 Å². The van der Waals surface area contributed by atoms with Gasteiger partial charge in [-0.25, -0.2) is 4.99 Å². The summed E-state index contributed by atoms with van der Waals surface area (Å²) in [5.74, 6) is -0.201. The molecule has 0 atom stereocenters. The molecular formula is C26H26N4O2. The number of fused-ring (bicyclic) bond motifs is 1. The smallest absolute Gasteiger partial charge is 0.251 e. The zero-order valence-electron chi connectivity index (χ0n) is 18.3. The molecule has 0 aliphatic carbocycles. The van der Waals surface area contributed by atoms with Gasteiger partial charge in [0.2, 0.25) is 0 Å². The van der Waals surface area contributed by atoms with Crippen molar-refractivity contribution in [1.82, 2.24) is 10.3 Å². The third kappa shape index (κ3) is 4.13. The molecule has 0 aliphatic rings. The lowest BCUT2D eigenvalue weighted by Gasteiger charge is -2.19. The molecule has 6 heteroatoms. The van der Waals surface area contributed by atoms with E-state index >= 15 is 0 Å². The Labute approximate surface area is 186 Å². The molecule has 1 amide bonds. The average Bonchev–Trinajstić information content (AvgIpc) is 3.11. The number of nitrogens with zero attached hydrogens (tertiary/aromatic N) is 1. The molecule has 0 saturated heterocycles. The monoisotopic (exact) mass is 426 g/mol. The van der Waals surface area contributed by atoms with Crippen molar-refractivity contribution in [1.29, 1.82) is 0 Å². The van der Waals surface area contributed by atoms with E-state index in [4.69, 9.17) is 10.7 Å². The van der Waals surface area contributed by atoms with Crippen LogP contribution in [-0.2, 0) is 5.54 Å². The second-order valence-electron chi connectivity index (χ2n) is 8.29. The number of benzene rings is 3. The van der Waals surface area contributed by atoms with Crippen molar-refractivity contribution >= 4 is 28.2 Å². The number of H-pyrrole nitrogens is 1. The third-order valence-corrected chi connectivity index (χ3v) is 5.38. The molecule has 0 radical (unpaired) electrons. The first-order valence-electron chi connectivity index (χ1n) is 10.4. The van der Waals surface area contributed by atoms with Crippen LogP contribution in [-0.4, -0.2) is 28.8 Å². The predicted octanol–water partition coefficient (Wildman–Crippen LogP) is 4.60. The van der Waals surface area contributed by atoms with Crippen molar-refractivity contribution in [3.05, 3.63) is 95.1 Å². The topological polar surface area (TPSA) is 104 Å².